The van der Waals surface area contributed by atoms with Crippen molar-refractivity contribution in [3.8, 4) is 5.82 Å². The number of halogens is 3. The molecule has 2 aromatic heterocycles. The first-order chi connectivity index (χ1) is 7.88. The Kier molecular flexibility index (Phi) is 2.37. The fourth-order valence-electron chi connectivity index (χ4n) is 1.19. The SMILES string of the molecule is Nc1nc(N)n(-c2ccc(C(F)(F)F)cn2)n1. The van der Waals surface area contributed by atoms with Gasteiger partial charge in [-0.05, 0) is 12.1 Å². The van der Waals surface area contributed by atoms with Gasteiger partial charge in [-0.15, -0.1) is 5.10 Å². The Morgan fingerprint density at radius 3 is 2.29 bits per heavy atom. The predicted molar refractivity (Wildman–Crippen MR) is 53.0 cm³/mol. The zero-order valence-corrected chi connectivity index (χ0v) is 8.31. The highest BCUT2D eigenvalue weighted by atomic mass is 19.4. The number of hydrogen-bond acceptors (Lipinski definition) is 5. The number of rotatable bonds is 1. The van der Waals surface area contributed by atoms with Gasteiger partial charge in [-0.3, -0.25) is 0 Å². The van der Waals surface area contributed by atoms with E-state index in [2.05, 4.69) is 15.1 Å². The second kappa shape index (κ2) is 3.61. The first kappa shape index (κ1) is 11.2. The number of aromatic nitrogens is 4. The van der Waals surface area contributed by atoms with E-state index in [1.165, 1.54) is 0 Å². The van der Waals surface area contributed by atoms with Crippen molar-refractivity contribution in [1.82, 2.24) is 19.7 Å². The summed E-state index contributed by atoms with van der Waals surface area (Å²) in [5.74, 6) is -0.0151. The van der Waals surface area contributed by atoms with Crippen LogP contribution < -0.4 is 11.5 Å². The van der Waals surface area contributed by atoms with Gasteiger partial charge in [-0.1, -0.05) is 0 Å². The summed E-state index contributed by atoms with van der Waals surface area (Å²) in [6.45, 7) is 0. The summed E-state index contributed by atoms with van der Waals surface area (Å²) in [5, 5.41) is 3.69. The van der Waals surface area contributed by atoms with Gasteiger partial charge in [0.2, 0.25) is 11.9 Å². The van der Waals surface area contributed by atoms with Crippen LogP contribution in [0.1, 0.15) is 5.56 Å². The van der Waals surface area contributed by atoms with Crippen LogP contribution in [0.2, 0.25) is 0 Å². The van der Waals surface area contributed by atoms with Crippen LogP contribution in [-0.4, -0.2) is 19.7 Å². The molecule has 0 bridgehead atoms. The molecule has 9 heteroatoms. The molecule has 0 atom stereocenters. The second-order valence-electron chi connectivity index (χ2n) is 3.14. The third kappa shape index (κ3) is 2.12. The number of alkyl halides is 3. The largest absolute Gasteiger partial charge is 0.417 e. The van der Waals surface area contributed by atoms with Crippen molar-refractivity contribution in [2.24, 2.45) is 0 Å². The van der Waals surface area contributed by atoms with Crippen LogP contribution >= 0.6 is 0 Å². The quantitative estimate of drug-likeness (QED) is 0.775. The number of nitrogens with zero attached hydrogens (tertiary/aromatic N) is 4. The maximum atomic E-state index is 12.3. The zero-order valence-electron chi connectivity index (χ0n) is 8.31. The topological polar surface area (TPSA) is 95.6 Å². The van der Waals surface area contributed by atoms with E-state index in [-0.39, 0.29) is 17.7 Å². The van der Waals surface area contributed by atoms with Gasteiger partial charge >= 0.3 is 6.18 Å². The Hall–Kier alpha value is -2.32. The summed E-state index contributed by atoms with van der Waals surface area (Å²) in [4.78, 5) is 7.20. The van der Waals surface area contributed by atoms with Crippen molar-refractivity contribution in [2.45, 2.75) is 6.18 Å². The smallest absolute Gasteiger partial charge is 0.368 e. The Morgan fingerprint density at radius 1 is 1.18 bits per heavy atom. The summed E-state index contributed by atoms with van der Waals surface area (Å²) in [6, 6.07) is 2.01. The van der Waals surface area contributed by atoms with Gasteiger partial charge in [0.25, 0.3) is 0 Å². The standard InChI is InChI=1S/C8H7F3N6/c9-8(10,11)4-1-2-5(14-3-4)17-7(13)15-6(12)16-17/h1-3H,(H4,12,13,15,16). The molecule has 2 heterocycles. The van der Waals surface area contributed by atoms with Crippen LogP contribution in [-0.2, 0) is 6.18 Å². The lowest BCUT2D eigenvalue weighted by molar-refractivity contribution is -0.137. The van der Waals surface area contributed by atoms with E-state index in [1.807, 2.05) is 0 Å². The van der Waals surface area contributed by atoms with E-state index in [1.54, 1.807) is 0 Å². The van der Waals surface area contributed by atoms with Crippen LogP contribution in [0.3, 0.4) is 0 Å². The molecule has 2 rings (SSSR count). The molecule has 0 saturated heterocycles. The van der Waals surface area contributed by atoms with Crippen LogP contribution in [0.15, 0.2) is 18.3 Å². The molecule has 0 amide bonds. The molecule has 90 valence electrons. The highest BCUT2D eigenvalue weighted by Crippen LogP contribution is 2.28. The average molecular weight is 244 g/mol. The number of anilines is 2. The lowest BCUT2D eigenvalue weighted by atomic mass is 10.3. The van der Waals surface area contributed by atoms with Crippen LogP contribution in [0.5, 0.6) is 0 Å². The molecule has 4 N–H and O–H groups in total. The summed E-state index contributed by atoms with van der Waals surface area (Å²) in [6.07, 6.45) is -3.74. The van der Waals surface area contributed by atoms with E-state index < -0.39 is 11.7 Å². The van der Waals surface area contributed by atoms with E-state index in [9.17, 15) is 13.2 Å². The maximum Gasteiger partial charge on any atom is 0.417 e. The molecule has 0 aliphatic heterocycles. The molecule has 0 unspecified atom stereocenters. The van der Waals surface area contributed by atoms with Gasteiger partial charge in [0.1, 0.15) is 0 Å². The van der Waals surface area contributed by atoms with E-state index in [4.69, 9.17) is 11.5 Å². The molecule has 2 aromatic rings. The van der Waals surface area contributed by atoms with E-state index in [0.29, 0.717) is 6.20 Å². The van der Waals surface area contributed by atoms with Gasteiger partial charge in [-0.2, -0.15) is 22.8 Å². The Labute approximate surface area is 93.1 Å². The fourth-order valence-corrected chi connectivity index (χ4v) is 1.19. The zero-order chi connectivity index (χ0) is 12.6. The summed E-state index contributed by atoms with van der Waals surface area (Å²) >= 11 is 0. The molecule has 0 saturated carbocycles. The summed E-state index contributed by atoms with van der Waals surface area (Å²) < 4.78 is 37.9. The van der Waals surface area contributed by atoms with Crippen molar-refractivity contribution in [3.63, 3.8) is 0 Å². The number of hydrogen-bond donors (Lipinski definition) is 2. The van der Waals surface area contributed by atoms with Gasteiger partial charge in [0.05, 0.1) is 5.56 Å². The lowest BCUT2D eigenvalue weighted by Gasteiger charge is -2.06. The molecule has 17 heavy (non-hydrogen) atoms. The first-order valence-corrected chi connectivity index (χ1v) is 4.39. The monoisotopic (exact) mass is 244 g/mol. The molecular formula is C8H7F3N6. The normalized spacial score (nSPS) is 11.7. The molecule has 0 aromatic carbocycles. The van der Waals surface area contributed by atoms with Crippen molar-refractivity contribution in [2.75, 3.05) is 11.5 Å². The summed E-state index contributed by atoms with van der Waals surface area (Å²) in [7, 11) is 0. The minimum absolute atomic E-state index is 0.0465. The van der Waals surface area contributed by atoms with Crippen molar-refractivity contribution in [3.05, 3.63) is 23.9 Å². The number of nitrogens with two attached hydrogens (primary N) is 2. The van der Waals surface area contributed by atoms with Crippen molar-refractivity contribution in [1.29, 1.82) is 0 Å². The van der Waals surface area contributed by atoms with Gasteiger partial charge in [0.15, 0.2) is 5.82 Å². The van der Waals surface area contributed by atoms with Crippen LogP contribution in [0.4, 0.5) is 25.1 Å². The van der Waals surface area contributed by atoms with E-state index >= 15 is 0 Å². The third-order valence-electron chi connectivity index (χ3n) is 1.94. The van der Waals surface area contributed by atoms with E-state index in [0.717, 1.165) is 16.8 Å². The highest BCUT2D eigenvalue weighted by Gasteiger charge is 2.30. The molecule has 0 spiro atoms. The van der Waals surface area contributed by atoms with Gasteiger partial charge in [-0.25, -0.2) is 4.98 Å². The molecule has 0 aliphatic carbocycles. The summed E-state index contributed by atoms with van der Waals surface area (Å²) in [5.41, 5.74) is 9.88. The Bertz CT molecular complexity index is 529. The molecule has 6 nitrogen and oxygen atoms in total. The van der Waals surface area contributed by atoms with Crippen molar-refractivity contribution < 1.29 is 13.2 Å². The maximum absolute atomic E-state index is 12.3. The predicted octanol–water partition coefficient (Wildman–Crippen LogP) is 0.846. The molecule has 0 radical (unpaired) electrons. The van der Waals surface area contributed by atoms with Crippen molar-refractivity contribution >= 4 is 11.9 Å². The lowest BCUT2D eigenvalue weighted by Crippen LogP contribution is -2.08. The highest BCUT2D eigenvalue weighted by molar-refractivity contribution is 5.36. The van der Waals surface area contributed by atoms with Crippen LogP contribution in [0.25, 0.3) is 5.82 Å². The average Bonchev–Trinajstić information content (AvgIpc) is 2.57. The Balaban J connectivity index is 2.39. The first-order valence-electron chi connectivity index (χ1n) is 4.39. The Morgan fingerprint density at radius 2 is 1.88 bits per heavy atom. The van der Waals surface area contributed by atoms with Gasteiger partial charge in [0, 0.05) is 6.20 Å². The minimum atomic E-state index is -4.43. The van der Waals surface area contributed by atoms with Crippen LogP contribution in [0, 0.1) is 0 Å². The van der Waals surface area contributed by atoms with Gasteiger partial charge < -0.3 is 11.5 Å². The minimum Gasteiger partial charge on any atom is -0.368 e. The second-order valence-corrected chi connectivity index (χ2v) is 3.14. The number of pyridine rings is 1. The fraction of sp³-hybridized carbons (Fsp3) is 0.125. The third-order valence-corrected chi connectivity index (χ3v) is 1.94. The number of nitrogen functional groups attached to an aromatic ring is 2. The molecule has 0 aliphatic rings. The molecular weight excluding hydrogens is 237 g/mol. The molecule has 0 fully saturated rings.